The van der Waals surface area contributed by atoms with Gasteiger partial charge in [0.2, 0.25) is 0 Å². The third-order valence-electron chi connectivity index (χ3n) is 5.05. The summed E-state index contributed by atoms with van der Waals surface area (Å²) in [5.41, 5.74) is -1.60. The second kappa shape index (κ2) is 22.7. The minimum absolute atomic E-state index is 0.0248. The fourth-order valence-corrected chi connectivity index (χ4v) is 3.98. The molecule has 236 valence electrons. The molecular weight excluding hydrogens is 574 g/mol. The normalized spacial score (nSPS) is 17.4. The molecule has 1 saturated heterocycles. The molecule has 2 atom stereocenters. The minimum atomic E-state index is -4.57. The van der Waals surface area contributed by atoms with Crippen LogP contribution in [0.25, 0.3) is 0 Å². The van der Waals surface area contributed by atoms with Crippen LogP contribution in [-0.4, -0.2) is 68.4 Å². The topological polar surface area (TPSA) is 79.2 Å². The van der Waals surface area contributed by atoms with Crippen molar-refractivity contribution >= 4 is 29.8 Å². The number of methoxy groups -OCH3 is 1. The van der Waals surface area contributed by atoms with Gasteiger partial charge in [-0.15, -0.1) is 17.9 Å². The van der Waals surface area contributed by atoms with Crippen molar-refractivity contribution in [3.63, 3.8) is 0 Å². The Bertz CT molecular complexity index is 956. The van der Waals surface area contributed by atoms with Crippen molar-refractivity contribution in [3.05, 3.63) is 52.8 Å². The second-order valence-electron chi connectivity index (χ2n) is 7.59. The quantitative estimate of drug-likeness (QED) is 0.0669. The van der Waals surface area contributed by atoms with E-state index in [1.54, 1.807) is 0 Å². The Morgan fingerprint density at radius 2 is 1.76 bits per heavy atom. The predicted molar refractivity (Wildman–Crippen MR) is 153 cm³/mol. The lowest BCUT2D eigenvalue weighted by molar-refractivity contribution is -0.149. The van der Waals surface area contributed by atoms with Crippen molar-refractivity contribution in [2.45, 2.75) is 65.4 Å². The molecule has 2 rings (SSSR count). The van der Waals surface area contributed by atoms with Crippen LogP contribution in [0.3, 0.4) is 0 Å². The summed E-state index contributed by atoms with van der Waals surface area (Å²) >= 11 is 0.481. The number of alkyl halides is 6. The van der Waals surface area contributed by atoms with Gasteiger partial charge in [0.15, 0.2) is 6.29 Å². The fraction of sp³-hybridized carbons (Fsp3) is 0.536. The Labute approximate surface area is 243 Å². The molecule has 1 aromatic rings. The van der Waals surface area contributed by atoms with Gasteiger partial charge in [-0.1, -0.05) is 46.4 Å². The number of aromatic hydroxyl groups is 1. The fourth-order valence-electron chi connectivity index (χ4n) is 3.34. The first-order valence-electron chi connectivity index (χ1n) is 12.7. The highest BCUT2D eigenvalue weighted by molar-refractivity contribution is 7.10. The third kappa shape index (κ3) is 16.8. The molecule has 2 unspecified atom stereocenters. The van der Waals surface area contributed by atoms with Crippen molar-refractivity contribution < 1.29 is 45.8 Å². The van der Waals surface area contributed by atoms with Gasteiger partial charge in [0.1, 0.15) is 10.6 Å². The molecule has 13 heteroatoms. The van der Waals surface area contributed by atoms with E-state index >= 15 is 0 Å². The van der Waals surface area contributed by atoms with E-state index in [4.69, 9.17) is 9.84 Å². The molecule has 1 aliphatic heterocycles. The molecule has 6 nitrogen and oxygen atoms in total. The largest absolute Gasteiger partial charge is 0.507 e. The number of allylic oxidation sites excluding steroid dienone is 3. The molecule has 0 amide bonds. The number of carbonyl (C=O) groups is 2. The maximum atomic E-state index is 12.1. The maximum Gasteiger partial charge on any atom is 0.425 e. The van der Waals surface area contributed by atoms with Crippen LogP contribution in [-0.2, 0) is 20.5 Å². The van der Waals surface area contributed by atoms with E-state index in [0.29, 0.717) is 23.5 Å². The highest BCUT2D eigenvalue weighted by atomic mass is 32.1. The molecule has 0 bridgehead atoms. The number of thiophene rings is 1. The molecule has 0 saturated carbocycles. The molecule has 0 spiro atoms. The summed E-state index contributed by atoms with van der Waals surface area (Å²) in [6.07, 6.45) is -2.62. The van der Waals surface area contributed by atoms with Crippen LogP contribution in [0.4, 0.5) is 26.3 Å². The predicted octanol–water partition coefficient (Wildman–Crippen LogP) is 7.90. The van der Waals surface area contributed by atoms with Gasteiger partial charge < -0.3 is 14.7 Å². The zero-order valence-corrected chi connectivity index (χ0v) is 25.4. The molecule has 1 N–H and O–H groups in total. The number of piperidine rings is 1. The molecular formula is C28H42F6N2O4S. The number of hydrogen-bond donors (Lipinski definition) is 1. The van der Waals surface area contributed by atoms with E-state index in [1.807, 2.05) is 33.8 Å². The lowest BCUT2D eigenvalue weighted by Crippen LogP contribution is -2.45. The van der Waals surface area contributed by atoms with Crippen LogP contribution in [0.1, 0.15) is 51.8 Å². The number of carbonyl (C=O) groups excluding carboxylic acids is 2. The number of ether oxygens (including phenoxy) is 1. The number of esters is 1. The number of halogens is 6. The van der Waals surface area contributed by atoms with Gasteiger partial charge in [-0.25, -0.2) is 0 Å². The van der Waals surface area contributed by atoms with Crippen LogP contribution in [0.5, 0.6) is 5.75 Å². The Hall–Kier alpha value is -2.93. The molecule has 0 aromatic carbocycles. The molecule has 0 radical (unpaired) electrons. The smallest absolute Gasteiger partial charge is 0.425 e. The molecule has 1 fully saturated rings. The average molecular weight is 617 g/mol. The van der Waals surface area contributed by atoms with Crippen LogP contribution < -0.4 is 0 Å². The van der Waals surface area contributed by atoms with Crippen LogP contribution in [0, 0.1) is 5.92 Å². The molecule has 0 aliphatic carbocycles. The van der Waals surface area contributed by atoms with Gasteiger partial charge in [0, 0.05) is 36.3 Å². The summed E-state index contributed by atoms with van der Waals surface area (Å²) in [5.74, 6) is -0.391. The first kappa shape index (κ1) is 42.5. The zero-order chi connectivity index (χ0) is 32.8. The average Bonchev–Trinajstić information content (AvgIpc) is 3.38. The summed E-state index contributed by atoms with van der Waals surface area (Å²) in [4.78, 5) is 26.5. The van der Waals surface area contributed by atoms with E-state index in [1.165, 1.54) is 14.2 Å². The van der Waals surface area contributed by atoms with E-state index in [9.17, 15) is 35.9 Å². The van der Waals surface area contributed by atoms with E-state index < -0.39 is 28.4 Å². The molecule has 1 aromatic heterocycles. The monoisotopic (exact) mass is 616 g/mol. The minimum Gasteiger partial charge on any atom is -0.507 e. The van der Waals surface area contributed by atoms with Crippen molar-refractivity contribution in [1.82, 2.24) is 4.90 Å². The highest BCUT2D eigenvalue weighted by Gasteiger charge is 2.35. The van der Waals surface area contributed by atoms with Crippen LogP contribution >= 0.6 is 11.3 Å². The number of rotatable bonds is 6. The van der Waals surface area contributed by atoms with Crippen LogP contribution in [0.2, 0.25) is 0 Å². The van der Waals surface area contributed by atoms with E-state index in [2.05, 4.69) is 30.1 Å². The molecule has 2 heterocycles. The SMILES string of the molecule is C=C/C(=C(/C=O)C=NC)C(F)(F)F.C=CCC1C(C(=O)OC)CCCN1C.CC.CC.Oc1csc(C(F)(F)F)c1. The molecule has 1 aliphatic rings. The van der Waals surface area contributed by atoms with Crippen molar-refractivity contribution in [1.29, 1.82) is 0 Å². The Morgan fingerprint density at radius 3 is 2.07 bits per heavy atom. The van der Waals surface area contributed by atoms with Gasteiger partial charge in [-0.2, -0.15) is 26.3 Å². The Balaban J connectivity index is -0.000000502. The number of nitrogens with zero attached hydrogens (tertiary/aromatic N) is 2. The Kier molecular flexibility index (Phi) is 23.6. The lowest BCUT2D eigenvalue weighted by atomic mass is 9.87. The van der Waals surface area contributed by atoms with Crippen molar-refractivity contribution in [3.8, 4) is 5.75 Å². The standard InChI is InChI=1S/C11H19NO2.C8H8F3NO.C5H3F3OS.2C2H6/c1-4-6-10-9(11(13)14-3)7-5-8-12(10)2;1-3-7(8(9,10)11)6(5-13)4-12-2;6-5(7,8)4-1-3(9)2-10-4;2*1-2/h4,9-10H,1,5-8H2,2-3H3;3-5H,1H2,2H3;1-2,9H;2*1-2H3/b;7-6-,12-4?;;;. The van der Waals surface area contributed by atoms with Gasteiger partial charge in [-0.3, -0.25) is 14.6 Å². The number of aldehydes is 1. The second-order valence-corrected chi connectivity index (χ2v) is 8.50. The summed E-state index contributed by atoms with van der Waals surface area (Å²) in [7, 11) is 4.80. The van der Waals surface area contributed by atoms with Gasteiger partial charge in [0.05, 0.1) is 18.6 Å². The Morgan fingerprint density at radius 1 is 1.20 bits per heavy atom. The van der Waals surface area contributed by atoms with Gasteiger partial charge >= 0.3 is 18.3 Å². The van der Waals surface area contributed by atoms with E-state index in [-0.39, 0.29) is 30.0 Å². The number of hydrogen-bond acceptors (Lipinski definition) is 7. The number of aliphatic imine (C=N–C) groups is 1. The summed E-state index contributed by atoms with van der Waals surface area (Å²) in [6.45, 7) is 15.8. The summed E-state index contributed by atoms with van der Waals surface area (Å²) in [6, 6.07) is 0.971. The first-order chi connectivity index (χ1) is 19.2. The van der Waals surface area contributed by atoms with Crippen molar-refractivity contribution in [2.75, 3.05) is 27.7 Å². The summed E-state index contributed by atoms with van der Waals surface area (Å²) < 4.78 is 76.3. The van der Waals surface area contributed by atoms with E-state index in [0.717, 1.165) is 37.4 Å². The van der Waals surface area contributed by atoms with Gasteiger partial charge in [-0.05, 0) is 32.9 Å². The lowest BCUT2D eigenvalue weighted by Gasteiger charge is -2.37. The van der Waals surface area contributed by atoms with Gasteiger partial charge in [0.25, 0.3) is 0 Å². The molecule has 41 heavy (non-hydrogen) atoms. The third-order valence-corrected chi connectivity index (χ3v) is 6.01. The zero-order valence-electron chi connectivity index (χ0n) is 24.6. The number of likely N-dealkylation sites (tertiary alicyclic amines) is 1. The highest BCUT2D eigenvalue weighted by Crippen LogP contribution is 2.35. The van der Waals surface area contributed by atoms with Crippen LogP contribution in [0.15, 0.2) is 52.9 Å². The first-order valence-corrected chi connectivity index (χ1v) is 13.6. The summed E-state index contributed by atoms with van der Waals surface area (Å²) in [5, 5.41) is 9.57. The van der Waals surface area contributed by atoms with Crippen molar-refractivity contribution in [2.24, 2.45) is 10.9 Å². The maximum absolute atomic E-state index is 12.1.